The molecule has 0 spiro atoms. The second-order valence-electron chi connectivity index (χ2n) is 7.29. The Morgan fingerprint density at radius 1 is 1.21 bits per heavy atom. The van der Waals surface area contributed by atoms with Gasteiger partial charge in [-0.2, -0.15) is 0 Å². The fourth-order valence-electron chi connectivity index (χ4n) is 2.90. The largest absolute Gasteiger partial charge is 0.357 e. The number of aryl methyl sites for hydroxylation is 1. The second kappa shape index (κ2) is 10.6. The first kappa shape index (κ1) is 22.4. The van der Waals surface area contributed by atoms with Gasteiger partial charge in [-0.3, -0.25) is 9.79 Å². The summed E-state index contributed by atoms with van der Waals surface area (Å²) in [4.78, 5) is 18.3. The van der Waals surface area contributed by atoms with Gasteiger partial charge in [0.15, 0.2) is 5.96 Å². The molecule has 6 heteroatoms. The van der Waals surface area contributed by atoms with Crippen molar-refractivity contribution in [3.8, 4) is 0 Å². The number of amides is 1. The Morgan fingerprint density at radius 3 is 2.62 bits per heavy atom. The number of halogens is 1. The summed E-state index contributed by atoms with van der Waals surface area (Å²) in [5.41, 5.74) is 3.24. The molecule has 0 aromatic heterocycles. The lowest BCUT2D eigenvalue weighted by Gasteiger charge is -2.18. The quantitative estimate of drug-likeness (QED) is 0.552. The highest BCUT2D eigenvalue weighted by Gasteiger charge is 2.10. The highest BCUT2D eigenvalue weighted by Crippen LogP contribution is 2.16. The Bertz CT molecular complexity index is 864. The van der Waals surface area contributed by atoms with Crippen LogP contribution in [0.5, 0.6) is 0 Å². The van der Waals surface area contributed by atoms with Gasteiger partial charge in [0.25, 0.3) is 5.91 Å². The average molecular weight is 399 g/mol. The predicted molar refractivity (Wildman–Crippen MR) is 117 cm³/mol. The van der Waals surface area contributed by atoms with Gasteiger partial charge >= 0.3 is 0 Å². The van der Waals surface area contributed by atoms with Crippen LogP contribution in [0.4, 0.5) is 4.39 Å². The maximum atomic E-state index is 13.9. The van der Waals surface area contributed by atoms with E-state index in [0.29, 0.717) is 23.6 Å². The van der Waals surface area contributed by atoms with Crippen LogP contribution < -0.4 is 10.6 Å². The standard InChI is InChI=1S/C23H31FN4O/c1-6-25-23(27-17(3)19-11-10-16(2)21(24)15-19)26-13-12-18-8-7-9-20(14-18)22(29)28(4)5/h7-11,14-15,17H,6,12-13H2,1-5H3,(H2,25,26,27). The minimum atomic E-state index is -0.203. The fraction of sp³-hybridized carbons (Fsp3) is 0.391. The molecule has 0 radical (unpaired) electrons. The third-order valence-electron chi connectivity index (χ3n) is 4.64. The van der Waals surface area contributed by atoms with Gasteiger partial charge < -0.3 is 15.5 Å². The Morgan fingerprint density at radius 2 is 1.97 bits per heavy atom. The van der Waals surface area contributed by atoms with Crippen molar-refractivity contribution < 1.29 is 9.18 Å². The van der Waals surface area contributed by atoms with Crippen LogP contribution in [0.2, 0.25) is 0 Å². The molecule has 5 nitrogen and oxygen atoms in total. The van der Waals surface area contributed by atoms with Gasteiger partial charge in [0.05, 0.1) is 6.04 Å². The van der Waals surface area contributed by atoms with Crippen molar-refractivity contribution in [2.45, 2.75) is 33.2 Å². The van der Waals surface area contributed by atoms with Crippen molar-refractivity contribution in [1.82, 2.24) is 15.5 Å². The smallest absolute Gasteiger partial charge is 0.253 e. The summed E-state index contributed by atoms with van der Waals surface area (Å²) in [5, 5.41) is 6.55. The minimum Gasteiger partial charge on any atom is -0.357 e. The predicted octanol–water partition coefficient (Wildman–Crippen LogP) is 3.69. The summed E-state index contributed by atoms with van der Waals surface area (Å²) < 4.78 is 13.9. The number of carbonyl (C=O) groups excluding carboxylic acids is 1. The van der Waals surface area contributed by atoms with Gasteiger partial charge in [0, 0.05) is 32.7 Å². The van der Waals surface area contributed by atoms with Crippen molar-refractivity contribution in [3.05, 3.63) is 70.5 Å². The Kier molecular flexibility index (Phi) is 8.19. The Labute approximate surface area is 173 Å². The molecular formula is C23H31FN4O. The molecule has 29 heavy (non-hydrogen) atoms. The summed E-state index contributed by atoms with van der Waals surface area (Å²) in [6.07, 6.45) is 0.721. The van der Waals surface area contributed by atoms with Crippen LogP contribution in [0.25, 0.3) is 0 Å². The van der Waals surface area contributed by atoms with Crippen LogP contribution in [0.15, 0.2) is 47.5 Å². The van der Waals surface area contributed by atoms with Gasteiger partial charge in [-0.05, 0) is 62.1 Å². The molecule has 2 rings (SSSR count). The van der Waals surface area contributed by atoms with E-state index < -0.39 is 0 Å². The first-order valence-electron chi connectivity index (χ1n) is 9.93. The van der Waals surface area contributed by atoms with Crippen LogP contribution in [0, 0.1) is 12.7 Å². The normalized spacial score (nSPS) is 12.4. The van der Waals surface area contributed by atoms with Crippen molar-refractivity contribution in [3.63, 3.8) is 0 Å². The molecule has 1 unspecified atom stereocenters. The third-order valence-corrected chi connectivity index (χ3v) is 4.64. The van der Waals surface area contributed by atoms with E-state index in [0.717, 1.165) is 24.1 Å². The summed E-state index contributed by atoms with van der Waals surface area (Å²) in [5.74, 6) is 0.469. The molecule has 1 atom stereocenters. The molecule has 0 bridgehead atoms. The SMILES string of the molecule is CCNC(=NCCc1cccc(C(=O)N(C)C)c1)NC(C)c1ccc(C)c(F)c1. The molecule has 0 aliphatic carbocycles. The summed E-state index contributed by atoms with van der Waals surface area (Å²) in [6, 6.07) is 12.8. The van der Waals surface area contributed by atoms with E-state index in [9.17, 15) is 9.18 Å². The first-order chi connectivity index (χ1) is 13.8. The first-order valence-corrected chi connectivity index (χ1v) is 9.93. The fourth-order valence-corrected chi connectivity index (χ4v) is 2.90. The maximum Gasteiger partial charge on any atom is 0.253 e. The van der Waals surface area contributed by atoms with Crippen molar-refractivity contribution in [2.24, 2.45) is 4.99 Å². The number of nitrogens with zero attached hydrogens (tertiary/aromatic N) is 2. The van der Waals surface area contributed by atoms with Gasteiger partial charge in [-0.15, -0.1) is 0 Å². The van der Waals surface area contributed by atoms with E-state index in [4.69, 9.17) is 0 Å². The van der Waals surface area contributed by atoms with Crippen molar-refractivity contribution >= 4 is 11.9 Å². The number of aliphatic imine (C=N–C) groups is 1. The van der Waals surface area contributed by atoms with E-state index in [1.807, 2.05) is 44.2 Å². The van der Waals surface area contributed by atoms with Crippen molar-refractivity contribution in [2.75, 3.05) is 27.2 Å². The van der Waals surface area contributed by atoms with E-state index >= 15 is 0 Å². The summed E-state index contributed by atoms with van der Waals surface area (Å²) >= 11 is 0. The Hall–Kier alpha value is -2.89. The topological polar surface area (TPSA) is 56.7 Å². The molecule has 0 saturated carbocycles. The van der Waals surface area contributed by atoms with Crippen LogP contribution in [-0.4, -0.2) is 44.0 Å². The number of rotatable bonds is 7. The van der Waals surface area contributed by atoms with Gasteiger partial charge in [0.2, 0.25) is 0 Å². The highest BCUT2D eigenvalue weighted by molar-refractivity contribution is 5.94. The lowest BCUT2D eigenvalue weighted by atomic mass is 10.1. The number of carbonyl (C=O) groups is 1. The van der Waals surface area contributed by atoms with Crippen LogP contribution in [0.1, 0.15) is 46.9 Å². The van der Waals surface area contributed by atoms with Gasteiger partial charge in [0.1, 0.15) is 5.82 Å². The number of nitrogens with one attached hydrogen (secondary N) is 2. The minimum absolute atomic E-state index is 0.00971. The molecule has 156 valence electrons. The molecule has 0 fully saturated rings. The number of hydrogen-bond donors (Lipinski definition) is 2. The lowest BCUT2D eigenvalue weighted by molar-refractivity contribution is 0.0827. The second-order valence-corrected chi connectivity index (χ2v) is 7.29. The van der Waals surface area contributed by atoms with Crippen molar-refractivity contribution in [1.29, 1.82) is 0 Å². The van der Waals surface area contributed by atoms with E-state index in [1.165, 1.54) is 0 Å². The van der Waals surface area contributed by atoms with Gasteiger partial charge in [-0.1, -0.05) is 24.3 Å². The zero-order chi connectivity index (χ0) is 21.4. The van der Waals surface area contributed by atoms with E-state index in [2.05, 4.69) is 15.6 Å². The van der Waals surface area contributed by atoms with Gasteiger partial charge in [-0.25, -0.2) is 4.39 Å². The van der Waals surface area contributed by atoms with E-state index in [1.54, 1.807) is 38.1 Å². The summed E-state index contributed by atoms with van der Waals surface area (Å²) in [7, 11) is 3.49. The number of guanidine groups is 1. The number of benzene rings is 2. The molecule has 2 N–H and O–H groups in total. The molecule has 1 amide bonds. The van der Waals surface area contributed by atoms with Crippen LogP contribution in [0.3, 0.4) is 0 Å². The molecule has 2 aromatic carbocycles. The molecule has 0 aliphatic rings. The zero-order valence-electron chi connectivity index (χ0n) is 17.9. The number of hydrogen-bond acceptors (Lipinski definition) is 2. The summed E-state index contributed by atoms with van der Waals surface area (Å²) in [6.45, 7) is 7.04. The zero-order valence-corrected chi connectivity index (χ0v) is 17.9. The Balaban J connectivity index is 2.02. The lowest BCUT2D eigenvalue weighted by Crippen LogP contribution is -2.39. The monoisotopic (exact) mass is 398 g/mol. The van der Waals surface area contributed by atoms with Crippen LogP contribution >= 0.6 is 0 Å². The molecule has 0 heterocycles. The van der Waals surface area contributed by atoms with Crippen LogP contribution in [-0.2, 0) is 6.42 Å². The molecule has 0 saturated heterocycles. The molecule has 0 aliphatic heterocycles. The third kappa shape index (κ3) is 6.59. The van der Waals surface area contributed by atoms with E-state index in [-0.39, 0.29) is 17.8 Å². The highest BCUT2D eigenvalue weighted by atomic mass is 19.1. The molecule has 2 aromatic rings. The maximum absolute atomic E-state index is 13.9. The average Bonchev–Trinajstić information content (AvgIpc) is 2.69. The molecular weight excluding hydrogens is 367 g/mol.